The summed E-state index contributed by atoms with van der Waals surface area (Å²) in [5.74, 6) is 0. The van der Waals surface area contributed by atoms with E-state index >= 15 is 0 Å². The molecule has 0 aromatic carbocycles. The van der Waals surface area contributed by atoms with Gasteiger partial charge in [0.2, 0.25) is 0 Å². The first-order chi connectivity index (χ1) is 4.80. The summed E-state index contributed by atoms with van der Waals surface area (Å²) in [6.07, 6.45) is 0. The van der Waals surface area contributed by atoms with Crippen molar-refractivity contribution in [2.24, 2.45) is 0 Å². The molecule has 1 saturated heterocycles. The zero-order chi connectivity index (χ0) is 7.98. The lowest BCUT2D eigenvalue weighted by molar-refractivity contribution is 0.183. The van der Waals surface area contributed by atoms with Gasteiger partial charge in [-0.25, -0.2) is 10.4 Å². The van der Waals surface area contributed by atoms with Crippen molar-refractivity contribution in [3.8, 4) is 0 Å². The fourth-order valence-electron chi connectivity index (χ4n) is 0.587. The normalized spacial score (nSPS) is 15.8. The highest BCUT2D eigenvalue weighted by Gasteiger charge is 2.11. The van der Waals surface area contributed by atoms with Crippen LogP contribution in [0.15, 0.2) is 0 Å². The number of hydrogen-bond acceptors (Lipinski definition) is 4. The SMILES string of the molecule is C.CC.CC(C)N1CNNN1.[B]. The van der Waals surface area contributed by atoms with Crippen LogP contribution in [-0.4, -0.2) is 26.1 Å². The molecule has 1 fully saturated rings. The Hall–Kier alpha value is -0.0951. The van der Waals surface area contributed by atoms with Gasteiger partial charge in [-0.05, 0) is 13.8 Å². The molecule has 0 aliphatic carbocycles. The van der Waals surface area contributed by atoms with Crippen molar-refractivity contribution in [2.75, 3.05) is 6.67 Å². The summed E-state index contributed by atoms with van der Waals surface area (Å²) in [5, 5.41) is 2.06. The maximum Gasteiger partial charge on any atom is 0.0781 e. The van der Waals surface area contributed by atoms with Crippen LogP contribution in [0.2, 0.25) is 0 Å². The molecule has 12 heavy (non-hydrogen) atoms. The van der Waals surface area contributed by atoms with Crippen LogP contribution in [0, 0.1) is 0 Å². The molecule has 0 bridgehead atoms. The fraction of sp³-hybridized carbons (Fsp3) is 1.00. The van der Waals surface area contributed by atoms with Crippen molar-refractivity contribution in [3.05, 3.63) is 0 Å². The van der Waals surface area contributed by atoms with Crippen LogP contribution in [0.3, 0.4) is 0 Å². The summed E-state index contributed by atoms with van der Waals surface area (Å²) < 4.78 is 0. The minimum absolute atomic E-state index is 0. The van der Waals surface area contributed by atoms with Gasteiger partial charge in [0.05, 0.1) is 6.67 Å². The molecule has 1 rings (SSSR count). The molecular weight excluding hydrogens is 151 g/mol. The van der Waals surface area contributed by atoms with Crippen LogP contribution in [0.4, 0.5) is 0 Å². The molecule has 73 valence electrons. The third-order valence-electron chi connectivity index (χ3n) is 1.16. The van der Waals surface area contributed by atoms with E-state index in [1.165, 1.54) is 0 Å². The Morgan fingerprint density at radius 1 is 1.25 bits per heavy atom. The third-order valence-corrected chi connectivity index (χ3v) is 1.16. The fourth-order valence-corrected chi connectivity index (χ4v) is 0.587. The smallest absolute Gasteiger partial charge is 0.0781 e. The van der Waals surface area contributed by atoms with Crippen LogP contribution < -0.4 is 16.5 Å². The lowest BCUT2D eigenvalue weighted by Gasteiger charge is -2.16. The molecular formula is C7H22BN4. The summed E-state index contributed by atoms with van der Waals surface area (Å²) in [7, 11) is 0. The first-order valence-corrected chi connectivity index (χ1v) is 3.81. The Bertz CT molecular complexity index is 73.8. The zero-order valence-electron chi connectivity index (χ0n) is 7.81. The standard InChI is InChI=1S/C4H12N4.C2H6.CH4.B/c1-4(2)8-3-5-6-7-8;1-2;;/h4-7H,3H2,1-2H3;1-2H3;1H4;. The van der Waals surface area contributed by atoms with Crippen LogP contribution >= 0.6 is 0 Å². The molecule has 3 radical (unpaired) electrons. The Morgan fingerprint density at radius 2 is 1.75 bits per heavy atom. The van der Waals surface area contributed by atoms with Crippen molar-refractivity contribution >= 4 is 8.41 Å². The number of hydrazine groups is 3. The monoisotopic (exact) mass is 173 g/mol. The lowest BCUT2D eigenvalue weighted by Crippen LogP contribution is -2.40. The van der Waals surface area contributed by atoms with Gasteiger partial charge in [-0.3, -0.25) is 0 Å². The number of rotatable bonds is 1. The van der Waals surface area contributed by atoms with Gasteiger partial charge in [-0.1, -0.05) is 21.3 Å². The second-order valence-electron chi connectivity index (χ2n) is 2.14. The van der Waals surface area contributed by atoms with Crippen molar-refractivity contribution in [1.82, 2.24) is 21.5 Å². The average molecular weight is 173 g/mol. The second-order valence-corrected chi connectivity index (χ2v) is 2.14. The summed E-state index contributed by atoms with van der Waals surface area (Å²) in [5.41, 5.74) is 8.63. The molecule has 0 aromatic heterocycles. The molecule has 5 heteroatoms. The molecule has 0 unspecified atom stereocenters. The highest BCUT2D eigenvalue weighted by atomic mass is 15.9. The van der Waals surface area contributed by atoms with E-state index in [0.717, 1.165) is 6.67 Å². The Kier molecular flexibility index (Phi) is 16.2. The number of nitrogens with one attached hydrogen (secondary N) is 3. The van der Waals surface area contributed by atoms with E-state index in [1.54, 1.807) is 0 Å². The van der Waals surface area contributed by atoms with Crippen molar-refractivity contribution in [2.45, 2.75) is 41.2 Å². The van der Waals surface area contributed by atoms with Crippen LogP contribution in [-0.2, 0) is 0 Å². The first kappa shape index (κ1) is 17.9. The molecule has 0 aromatic rings. The van der Waals surface area contributed by atoms with Crippen molar-refractivity contribution < 1.29 is 0 Å². The van der Waals surface area contributed by atoms with Crippen molar-refractivity contribution in [1.29, 1.82) is 0 Å². The number of hydrogen-bond donors (Lipinski definition) is 3. The molecule has 1 aliphatic rings. The molecule has 0 saturated carbocycles. The van der Waals surface area contributed by atoms with Crippen molar-refractivity contribution in [3.63, 3.8) is 0 Å². The third kappa shape index (κ3) is 6.60. The van der Waals surface area contributed by atoms with Gasteiger partial charge in [0.15, 0.2) is 0 Å². The van der Waals surface area contributed by atoms with E-state index in [9.17, 15) is 0 Å². The van der Waals surface area contributed by atoms with Crippen LogP contribution in [0.5, 0.6) is 0 Å². The predicted molar refractivity (Wildman–Crippen MR) is 55.1 cm³/mol. The predicted octanol–water partition coefficient (Wildman–Crippen LogP) is 0.463. The molecule has 1 aliphatic heterocycles. The lowest BCUT2D eigenvalue weighted by atomic mass is 10.4. The largest absolute Gasteiger partial charge is 0.227 e. The van der Waals surface area contributed by atoms with Gasteiger partial charge in [0, 0.05) is 14.5 Å². The zero-order valence-corrected chi connectivity index (χ0v) is 7.81. The molecule has 0 atom stereocenters. The highest BCUT2D eigenvalue weighted by molar-refractivity contribution is 5.75. The second kappa shape index (κ2) is 10.9. The van der Waals surface area contributed by atoms with Crippen LogP contribution in [0.25, 0.3) is 0 Å². The molecule has 1 heterocycles. The van der Waals surface area contributed by atoms with E-state index in [2.05, 4.69) is 35.4 Å². The maximum atomic E-state index is 2.93. The quantitative estimate of drug-likeness (QED) is 0.504. The topological polar surface area (TPSA) is 39.3 Å². The van der Waals surface area contributed by atoms with E-state index in [1.807, 2.05) is 13.8 Å². The minimum Gasteiger partial charge on any atom is -0.227 e. The van der Waals surface area contributed by atoms with Gasteiger partial charge in [-0.2, -0.15) is 11.1 Å². The summed E-state index contributed by atoms with van der Waals surface area (Å²) in [6, 6.07) is 0.539. The van der Waals surface area contributed by atoms with Gasteiger partial charge in [0.1, 0.15) is 0 Å². The Labute approximate surface area is 78.6 Å². The average Bonchev–Trinajstić information content (AvgIpc) is 2.42. The summed E-state index contributed by atoms with van der Waals surface area (Å²) in [4.78, 5) is 0. The van der Waals surface area contributed by atoms with Gasteiger partial charge in [-0.15, -0.1) is 0 Å². The maximum absolute atomic E-state index is 2.93. The van der Waals surface area contributed by atoms with Gasteiger partial charge >= 0.3 is 0 Å². The number of nitrogens with zero attached hydrogens (tertiary/aromatic N) is 1. The Balaban J connectivity index is -0.000000189. The van der Waals surface area contributed by atoms with E-state index in [4.69, 9.17) is 0 Å². The van der Waals surface area contributed by atoms with Crippen LogP contribution in [0.1, 0.15) is 35.1 Å². The van der Waals surface area contributed by atoms with E-state index in [-0.39, 0.29) is 15.8 Å². The Morgan fingerprint density at radius 3 is 1.92 bits per heavy atom. The highest BCUT2D eigenvalue weighted by Crippen LogP contribution is 1.90. The van der Waals surface area contributed by atoms with Gasteiger partial charge < -0.3 is 0 Å². The molecule has 3 N–H and O–H groups in total. The van der Waals surface area contributed by atoms with E-state index < -0.39 is 0 Å². The molecule has 0 spiro atoms. The summed E-state index contributed by atoms with van der Waals surface area (Å²) >= 11 is 0. The first-order valence-electron chi connectivity index (χ1n) is 3.81. The molecule has 4 nitrogen and oxygen atoms in total. The van der Waals surface area contributed by atoms with Gasteiger partial charge in [0.25, 0.3) is 0 Å². The molecule has 0 amide bonds. The summed E-state index contributed by atoms with van der Waals surface area (Å²) in [6.45, 7) is 9.11. The minimum atomic E-state index is 0. The van der Waals surface area contributed by atoms with E-state index in [0.29, 0.717) is 6.04 Å².